The number of carbonyl (C=O) groups is 1. The summed E-state index contributed by atoms with van der Waals surface area (Å²) in [5, 5.41) is 1.94. The minimum atomic E-state index is -0.0798. The zero-order chi connectivity index (χ0) is 17.6. The highest BCUT2D eigenvalue weighted by atomic mass is 32.1. The first-order chi connectivity index (χ1) is 12.1. The van der Waals surface area contributed by atoms with Crippen molar-refractivity contribution in [2.24, 2.45) is 7.05 Å². The van der Waals surface area contributed by atoms with Gasteiger partial charge in [0.1, 0.15) is 5.01 Å². The van der Waals surface area contributed by atoms with Crippen molar-refractivity contribution in [2.75, 3.05) is 7.05 Å². The van der Waals surface area contributed by atoms with Crippen LogP contribution < -0.4 is 0 Å². The van der Waals surface area contributed by atoms with Crippen molar-refractivity contribution in [1.29, 1.82) is 0 Å². The number of carbonyl (C=O) groups excluding carboxylic acids is 1. The maximum absolute atomic E-state index is 13.1. The van der Waals surface area contributed by atoms with Crippen molar-refractivity contribution in [1.82, 2.24) is 14.5 Å². The van der Waals surface area contributed by atoms with E-state index < -0.39 is 0 Å². The minimum Gasteiger partial charge on any atom is -0.350 e. The first-order valence-electron chi connectivity index (χ1n) is 8.23. The molecule has 4 nitrogen and oxygen atoms in total. The highest BCUT2D eigenvalue weighted by molar-refractivity contribution is 7.18. The van der Waals surface area contributed by atoms with Gasteiger partial charge in [-0.05, 0) is 25.1 Å². The Morgan fingerprint density at radius 2 is 1.88 bits per heavy atom. The molecule has 0 bridgehead atoms. The first-order valence-corrected chi connectivity index (χ1v) is 9.04. The Kier molecular flexibility index (Phi) is 3.81. The SMILES string of the molecule is CC(c1nc2ccccc2s1)N(C)C(=O)c1cn(C)c2ccccc12. The van der Waals surface area contributed by atoms with Gasteiger partial charge in [-0.1, -0.05) is 30.3 Å². The Morgan fingerprint density at radius 3 is 2.68 bits per heavy atom. The van der Waals surface area contributed by atoms with Crippen LogP contribution in [0.25, 0.3) is 21.1 Å². The van der Waals surface area contributed by atoms with E-state index in [0.29, 0.717) is 0 Å². The Balaban J connectivity index is 1.69. The van der Waals surface area contributed by atoms with Crippen molar-refractivity contribution < 1.29 is 4.79 Å². The van der Waals surface area contributed by atoms with Crippen LogP contribution in [0.2, 0.25) is 0 Å². The van der Waals surface area contributed by atoms with Gasteiger partial charge in [0.2, 0.25) is 0 Å². The molecule has 0 saturated heterocycles. The predicted molar refractivity (Wildman–Crippen MR) is 103 cm³/mol. The molecule has 2 aromatic carbocycles. The molecule has 5 heteroatoms. The van der Waals surface area contributed by atoms with Crippen molar-refractivity contribution >= 4 is 38.4 Å². The summed E-state index contributed by atoms with van der Waals surface area (Å²) in [6.45, 7) is 2.03. The van der Waals surface area contributed by atoms with Crippen LogP contribution in [0.4, 0.5) is 0 Å². The van der Waals surface area contributed by atoms with Gasteiger partial charge in [-0.15, -0.1) is 11.3 Å². The number of amides is 1. The van der Waals surface area contributed by atoms with Crippen molar-refractivity contribution in [3.8, 4) is 0 Å². The number of thiazole rings is 1. The number of benzene rings is 2. The lowest BCUT2D eigenvalue weighted by atomic mass is 10.1. The monoisotopic (exact) mass is 349 g/mol. The topological polar surface area (TPSA) is 38.1 Å². The van der Waals surface area contributed by atoms with Crippen molar-refractivity contribution in [2.45, 2.75) is 13.0 Å². The standard InChI is InChI=1S/C20H19N3OS/c1-13(19-21-16-9-5-7-11-18(16)25-19)23(3)20(24)15-12-22(2)17-10-6-4-8-14(15)17/h4-13H,1-3H3. The van der Waals surface area contributed by atoms with Gasteiger partial charge < -0.3 is 9.47 Å². The van der Waals surface area contributed by atoms with Crippen LogP contribution in [-0.2, 0) is 7.05 Å². The fourth-order valence-electron chi connectivity index (χ4n) is 3.11. The lowest BCUT2D eigenvalue weighted by Gasteiger charge is -2.23. The van der Waals surface area contributed by atoms with E-state index in [1.54, 1.807) is 16.2 Å². The van der Waals surface area contributed by atoms with E-state index in [1.807, 2.05) is 74.2 Å². The molecule has 2 aromatic heterocycles. The normalized spacial score (nSPS) is 12.6. The lowest BCUT2D eigenvalue weighted by Crippen LogP contribution is -2.29. The molecule has 4 rings (SSSR count). The molecule has 0 saturated carbocycles. The van der Waals surface area contributed by atoms with Crippen molar-refractivity contribution in [3.63, 3.8) is 0 Å². The molecule has 1 amide bonds. The number of rotatable bonds is 3. The van der Waals surface area contributed by atoms with Crippen LogP contribution in [-0.4, -0.2) is 27.4 Å². The van der Waals surface area contributed by atoms with Gasteiger partial charge in [-0.2, -0.15) is 0 Å². The van der Waals surface area contributed by atoms with Gasteiger partial charge in [0.15, 0.2) is 0 Å². The molecule has 0 spiro atoms. The van der Waals surface area contributed by atoms with Gasteiger partial charge in [0.25, 0.3) is 5.91 Å². The summed E-state index contributed by atoms with van der Waals surface area (Å²) in [4.78, 5) is 19.6. The van der Waals surface area contributed by atoms with Crippen LogP contribution in [0.1, 0.15) is 28.3 Å². The summed E-state index contributed by atoms with van der Waals surface area (Å²) in [5.41, 5.74) is 2.78. The molecule has 0 N–H and O–H groups in total. The average molecular weight is 349 g/mol. The van der Waals surface area contributed by atoms with Crippen LogP contribution in [0.15, 0.2) is 54.7 Å². The van der Waals surface area contributed by atoms with Crippen LogP contribution >= 0.6 is 11.3 Å². The predicted octanol–water partition coefficient (Wildman–Crippen LogP) is 4.62. The number of fused-ring (bicyclic) bond motifs is 2. The van der Waals surface area contributed by atoms with E-state index in [0.717, 1.165) is 31.7 Å². The number of aromatic nitrogens is 2. The Bertz CT molecular complexity index is 1050. The molecule has 1 atom stereocenters. The average Bonchev–Trinajstić information content (AvgIpc) is 3.21. The largest absolute Gasteiger partial charge is 0.350 e. The highest BCUT2D eigenvalue weighted by Gasteiger charge is 2.24. The van der Waals surface area contributed by atoms with Crippen molar-refractivity contribution in [3.05, 3.63) is 65.3 Å². The van der Waals surface area contributed by atoms with Crippen LogP contribution in [0.5, 0.6) is 0 Å². The van der Waals surface area contributed by atoms with Crippen LogP contribution in [0.3, 0.4) is 0 Å². The van der Waals surface area contributed by atoms with E-state index in [9.17, 15) is 4.79 Å². The third-order valence-electron chi connectivity index (χ3n) is 4.70. The smallest absolute Gasteiger partial charge is 0.256 e. The number of para-hydroxylation sites is 2. The summed E-state index contributed by atoms with van der Waals surface area (Å²) in [7, 11) is 3.82. The molecule has 25 heavy (non-hydrogen) atoms. The Hall–Kier alpha value is -2.66. The Labute approximate surface area is 150 Å². The first kappa shape index (κ1) is 15.8. The summed E-state index contributed by atoms with van der Waals surface area (Å²) < 4.78 is 3.15. The van der Waals surface area contributed by atoms with E-state index in [4.69, 9.17) is 4.98 Å². The fourth-order valence-corrected chi connectivity index (χ4v) is 4.18. The second-order valence-corrected chi connectivity index (χ2v) is 7.34. The quantitative estimate of drug-likeness (QED) is 0.541. The van der Waals surface area contributed by atoms with Gasteiger partial charge in [0, 0.05) is 31.2 Å². The minimum absolute atomic E-state index is 0.0172. The number of nitrogens with zero attached hydrogens (tertiary/aromatic N) is 3. The summed E-state index contributed by atoms with van der Waals surface area (Å²) in [6.07, 6.45) is 1.91. The van der Waals surface area contributed by atoms with Gasteiger partial charge in [-0.25, -0.2) is 4.98 Å². The summed E-state index contributed by atoms with van der Waals surface area (Å²) in [6, 6.07) is 16.0. The Morgan fingerprint density at radius 1 is 1.16 bits per heavy atom. The number of aryl methyl sites for hydroxylation is 1. The highest BCUT2D eigenvalue weighted by Crippen LogP contribution is 2.30. The lowest BCUT2D eigenvalue weighted by molar-refractivity contribution is 0.0744. The van der Waals surface area contributed by atoms with Crippen LogP contribution in [0, 0.1) is 0 Å². The molecule has 2 heterocycles. The fraction of sp³-hybridized carbons (Fsp3) is 0.200. The number of hydrogen-bond acceptors (Lipinski definition) is 3. The molecule has 1 unspecified atom stereocenters. The second kappa shape index (κ2) is 6.01. The van der Waals surface area contributed by atoms with Gasteiger partial charge in [-0.3, -0.25) is 4.79 Å². The molecular formula is C20H19N3OS. The zero-order valence-corrected chi connectivity index (χ0v) is 15.2. The third-order valence-corrected chi connectivity index (χ3v) is 5.90. The molecular weight excluding hydrogens is 330 g/mol. The zero-order valence-electron chi connectivity index (χ0n) is 14.4. The molecule has 0 fully saturated rings. The molecule has 4 aromatic rings. The number of hydrogen-bond donors (Lipinski definition) is 0. The van der Waals surface area contributed by atoms with Gasteiger partial charge >= 0.3 is 0 Å². The van der Waals surface area contributed by atoms with E-state index in [1.165, 1.54) is 0 Å². The van der Waals surface area contributed by atoms with E-state index >= 15 is 0 Å². The molecule has 0 aliphatic rings. The third kappa shape index (κ3) is 2.61. The summed E-state index contributed by atoms with van der Waals surface area (Å²) in [5.74, 6) is 0.0172. The summed E-state index contributed by atoms with van der Waals surface area (Å²) >= 11 is 1.64. The van der Waals surface area contributed by atoms with E-state index in [2.05, 4.69) is 6.07 Å². The second-order valence-electron chi connectivity index (χ2n) is 6.28. The van der Waals surface area contributed by atoms with E-state index in [-0.39, 0.29) is 11.9 Å². The molecule has 0 radical (unpaired) electrons. The van der Waals surface area contributed by atoms with Gasteiger partial charge in [0.05, 0.1) is 21.8 Å². The molecule has 0 aliphatic carbocycles. The maximum Gasteiger partial charge on any atom is 0.256 e. The maximum atomic E-state index is 13.1. The molecule has 0 aliphatic heterocycles. The molecule has 126 valence electrons.